The molecule has 0 atom stereocenters. The fourth-order valence-corrected chi connectivity index (χ4v) is 7.02. The van der Waals surface area contributed by atoms with Crippen LogP contribution in [0.5, 0.6) is 0 Å². The predicted molar refractivity (Wildman–Crippen MR) is 169 cm³/mol. The van der Waals surface area contributed by atoms with Crippen molar-refractivity contribution in [2.24, 2.45) is 0 Å². The van der Waals surface area contributed by atoms with Crippen molar-refractivity contribution in [2.45, 2.75) is 19.3 Å². The molecule has 3 heterocycles. The summed E-state index contributed by atoms with van der Waals surface area (Å²) >= 11 is 0. The maximum absolute atomic E-state index is 6.27. The topological polar surface area (TPSA) is 31.0 Å². The first-order valence-corrected chi connectivity index (χ1v) is 14.1. The van der Waals surface area contributed by atoms with E-state index in [1.54, 1.807) is 0 Å². The summed E-state index contributed by atoms with van der Waals surface area (Å²) in [5, 5.41) is 4.69. The van der Waals surface area contributed by atoms with Crippen molar-refractivity contribution in [2.75, 3.05) is 0 Å². The molecule has 1 aliphatic carbocycles. The van der Waals surface area contributed by atoms with Crippen LogP contribution < -0.4 is 0 Å². The summed E-state index contributed by atoms with van der Waals surface area (Å²) in [6.45, 7) is 4.64. The molecule has 0 N–H and O–H groups in total. The molecule has 0 radical (unpaired) electrons. The van der Waals surface area contributed by atoms with Crippen LogP contribution in [0.25, 0.3) is 71.8 Å². The highest BCUT2D eigenvalue weighted by Gasteiger charge is 2.35. The molecule has 9 rings (SSSR count). The van der Waals surface area contributed by atoms with Gasteiger partial charge in [-0.3, -0.25) is 4.57 Å². The molecule has 194 valence electrons. The molecule has 0 amide bonds. The first kappa shape index (κ1) is 22.6. The number of fused-ring (bicyclic) bond motifs is 9. The van der Waals surface area contributed by atoms with Crippen molar-refractivity contribution in [3.05, 3.63) is 133 Å². The molecule has 0 fully saturated rings. The first-order valence-electron chi connectivity index (χ1n) is 14.1. The van der Waals surface area contributed by atoms with E-state index < -0.39 is 0 Å². The average molecular weight is 527 g/mol. The van der Waals surface area contributed by atoms with Gasteiger partial charge in [0.15, 0.2) is 0 Å². The van der Waals surface area contributed by atoms with Crippen LogP contribution >= 0.6 is 0 Å². The second-order valence-corrected chi connectivity index (χ2v) is 11.7. The standard InChI is InChI=1S/C38H26N2O/c1-38(2)31-12-6-3-9-25(31)28-19-23(15-17-32(28)38)24-16-18-37(39-22-24)40-33-13-7-4-10-26(33)29-20-30-27-11-5-8-14-35(27)41-36(30)21-34(29)40/h3-22H,1-2H3. The average Bonchev–Trinajstić information content (AvgIpc) is 3.61. The Bertz CT molecular complexity index is 2330. The third kappa shape index (κ3) is 3.06. The maximum atomic E-state index is 6.27. The molecular weight excluding hydrogens is 500 g/mol. The lowest BCUT2D eigenvalue weighted by molar-refractivity contribution is 0.660. The monoisotopic (exact) mass is 526 g/mol. The number of para-hydroxylation sites is 2. The van der Waals surface area contributed by atoms with Crippen LogP contribution in [0.2, 0.25) is 0 Å². The highest BCUT2D eigenvalue weighted by molar-refractivity contribution is 6.17. The summed E-state index contributed by atoms with van der Waals surface area (Å²) in [6, 6.07) is 41.2. The number of benzene rings is 5. The zero-order valence-electron chi connectivity index (χ0n) is 22.8. The van der Waals surface area contributed by atoms with Crippen molar-refractivity contribution in [1.29, 1.82) is 0 Å². The smallest absolute Gasteiger partial charge is 0.137 e. The van der Waals surface area contributed by atoms with Crippen molar-refractivity contribution in [3.63, 3.8) is 0 Å². The van der Waals surface area contributed by atoms with E-state index in [-0.39, 0.29) is 5.41 Å². The quantitative estimate of drug-likeness (QED) is 0.224. The summed E-state index contributed by atoms with van der Waals surface area (Å²) in [4.78, 5) is 5.02. The minimum absolute atomic E-state index is 0.00829. The van der Waals surface area contributed by atoms with Gasteiger partial charge in [-0.15, -0.1) is 0 Å². The number of furan rings is 1. The summed E-state index contributed by atoms with van der Waals surface area (Å²) < 4.78 is 8.52. The Morgan fingerprint density at radius 2 is 1.32 bits per heavy atom. The Labute approximate surface area is 237 Å². The normalized spacial score (nSPS) is 13.8. The van der Waals surface area contributed by atoms with Gasteiger partial charge in [-0.25, -0.2) is 4.98 Å². The van der Waals surface area contributed by atoms with Crippen LogP contribution in [0.3, 0.4) is 0 Å². The Morgan fingerprint density at radius 3 is 2.20 bits per heavy atom. The second-order valence-electron chi connectivity index (χ2n) is 11.7. The molecule has 3 aromatic heterocycles. The fourth-order valence-electron chi connectivity index (χ4n) is 7.02. The number of nitrogens with zero attached hydrogens (tertiary/aromatic N) is 2. The van der Waals surface area contributed by atoms with E-state index in [2.05, 4.69) is 122 Å². The number of hydrogen-bond donors (Lipinski definition) is 0. The van der Waals surface area contributed by atoms with Crippen LogP contribution in [0.4, 0.5) is 0 Å². The molecule has 0 saturated carbocycles. The number of pyridine rings is 1. The van der Waals surface area contributed by atoms with Gasteiger partial charge in [0.25, 0.3) is 0 Å². The lowest BCUT2D eigenvalue weighted by Crippen LogP contribution is -2.14. The van der Waals surface area contributed by atoms with Crippen LogP contribution in [-0.2, 0) is 5.41 Å². The molecule has 5 aromatic carbocycles. The molecule has 3 heteroatoms. The van der Waals surface area contributed by atoms with Crippen molar-refractivity contribution in [1.82, 2.24) is 9.55 Å². The van der Waals surface area contributed by atoms with E-state index in [0.29, 0.717) is 0 Å². The molecule has 0 spiro atoms. The molecule has 0 unspecified atom stereocenters. The molecule has 8 aromatic rings. The zero-order valence-corrected chi connectivity index (χ0v) is 22.8. The van der Waals surface area contributed by atoms with Gasteiger partial charge in [-0.2, -0.15) is 0 Å². The van der Waals surface area contributed by atoms with Gasteiger partial charge in [-0.05, 0) is 64.2 Å². The zero-order chi connectivity index (χ0) is 27.3. The molecule has 0 aliphatic heterocycles. The van der Waals surface area contributed by atoms with E-state index in [0.717, 1.165) is 44.4 Å². The van der Waals surface area contributed by atoms with Crippen LogP contribution in [0.15, 0.2) is 126 Å². The predicted octanol–water partition coefficient (Wildman–Crippen LogP) is 10.1. The Balaban J connectivity index is 1.20. The van der Waals surface area contributed by atoms with E-state index in [1.165, 1.54) is 38.6 Å². The summed E-state index contributed by atoms with van der Waals surface area (Å²) in [5.74, 6) is 0.892. The van der Waals surface area contributed by atoms with E-state index >= 15 is 0 Å². The lowest BCUT2D eigenvalue weighted by Gasteiger charge is -2.21. The number of rotatable bonds is 2. The van der Waals surface area contributed by atoms with Gasteiger partial charge in [0, 0.05) is 44.8 Å². The third-order valence-corrected chi connectivity index (χ3v) is 9.06. The minimum Gasteiger partial charge on any atom is -0.456 e. The summed E-state index contributed by atoms with van der Waals surface area (Å²) in [6.07, 6.45) is 2.00. The largest absolute Gasteiger partial charge is 0.456 e. The SMILES string of the molecule is CC1(C)c2ccccc2-c2cc(-c3ccc(-n4c5ccccc5c5cc6c(cc54)oc4ccccc46)nc3)ccc21. The van der Waals surface area contributed by atoms with Crippen molar-refractivity contribution < 1.29 is 4.42 Å². The van der Waals surface area contributed by atoms with Crippen LogP contribution in [0.1, 0.15) is 25.0 Å². The lowest BCUT2D eigenvalue weighted by atomic mass is 9.82. The molecular formula is C38H26N2O. The van der Waals surface area contributed by atoms with Gasteiger partial charge >= 0.3 is 0 Å². The van der Waals surface area contributed by atoms with Crippen LogP contribution in [-0.4, -0.2) is 9.55 Å². The molecule has 3 nitrogen and oxygen atoms in total. The second kappa shape index (κ2) is 7.96. The van der Waals surface area contributed by atoms with Gasteiger partial charge in [-0.1, -0.05) is 86.6 Å². The summed E-state index contributed by atoms with van der Waals surface area (Å²) in [7, 11) is 0. The van der Waals surface area contributed by atoms with E-state index in [9.17, 15) is 0 Å². The maximum Gasteiger partial charge on any atom is 0.137 e. The summed E-state index contributed by atoms with van der Waals surface area (Å²) in [5.41, 5.74) is 11.8. The Kier molecular flexibility index (Phi) is 4.39. The van der Waals surface area contributed by atoms with Gasteiger partial charge in [0.05, 0.1) is 11.0 Å². The highest BCUT2D eigenvalue weighted by atomic mass is 16.3. The van der Waals surface area contributed by atoms with Gasteiger partial charge < -0.3 is 4.42 Å². The van der Waals surface area contributed by atoms with Gasteiger partial charge in [0.1, 0.15) is 17.0 Å². The van der Waals surface area contributed by atoms with Crippen molar-refractivity contribution in [3.8, 4) is 28.1 Å². The molecule has 41 heavy (non-hydrogen) atoms. The van der Waals surface area contributed by atoms with Crippen LogP contribution in [0, 0.1) is 0 Å². The minimum atomic E-state index is 0.00829. The Hall–Kier alpha value is -5.15. The fraction of sp³-hybridized carbons (Fsp3) is 0.0789. The number of hydrogen-bond acceptors (Lipinski definition) is 2. The van der Waals surface area contributed by atoms with Gasteiger partial charge in [0.2, 0.25) is 0 Å². The number of aromatic nitrogens is 2. The first-order chi connectivity index (χ1) is 20.1. The third-order valence-electron chi connectivity index (χ3n) is 9.06. The van der Waals surface area contributed by atoms with E-state index in [1.807, 2.05) is 18.3 Å². The molecule has 0 bridgehead atoms. The highest BCUT2D eigenvalue weighted by Crippen LogP contribution is 2.49. The Morgan fingerprint density at radius 1 is 0.561 bits per heavy atom. The molecule has 1 aliphatic rings. The van der Waals surface area contributed by atoms with Crippen molar-refractivity contribution >= 4 is 43.7 Å². The van der Waals surface area contributed by atoms with E-state index in [4.69, 9.17) is 9.40 Å². The molecule has 0 saturated heterocycles.